The van der Waals surface area contributed by atoms with Crippen molar-refractivity contribution < 1.29 is 43.0 Å². The fourth-order valence-corrected chi connectivity index (χ4v) is 3.75. The first-order valence-electron chi connectivity index (χ1n) is 9.91. The molecule has 5 rings (SSSR count). The molecule has 0 bridgehead atoms. The number of benzene rings is 1. The first-order chi connectivity index (χ1) is 15.6. The van der Waals surface area contributed by atoms with Gasteiger partial charge in [-0.25, -0.2) is 0 Å². The van der Waals surface area contributed by atoms with Gasteiger partial charge in [0.05, 0.1) is 0 Å². The van der Waals surface area contributed by atoms with E-state index in [9.17, 15) is 22.0 Å². The van der Waals surface area contributed by atoms with Gasteiger partial charge in [0.15, 0.2) is 0 Å². The van der Waals surface area contributed by atoms with E-state index in [1.807, 2.05) is 6.92 Å². The molecule has 0 spiro atoms. The Morgan fingerprint density at radius 3 is 2.47 bits per heavy atom. The maximum atomic E-state index is 14.2. The van der Waals surface area contributed by atoms with Crippen LogP contribution in [0.2, 0.25) is 0 Å². The van der Waals surface area contributed by atoms with Crippen molar-refractivity contribution in [3.05, 3.63) is 95.3 Å². The summed E-state index contributed by atoms with van der Waals surface area (Å²) in [5, 5.41) is 6.80. The van der Waals surface area contributed by atoms with Gasteiger partial charge in [-0.3, -0.25) is 13.8 Å². The number of alkyl halides is 3. The number of aromatic nitrogens is 4. The summed E-state index contributed by atoms with van der Waals surface area (Å²) in [6.45, 7) is 1.96. The van der Waals surface area contributed by atoms with Gasteiger partial charge in [0.25, 0.3) is 0 Å². The molecular formula is C24H14F5N4Pt-3. The summed E-state index contributed by atoms with van der Waals surface area (Å²) in [4.78, 5) is 9.05. The summed E-state index contributed by atoms with van der Waals surface area (Å²) in [6.07, 6.45) is -3.96. The van der Waals surface area contributed by atoms with E-state index in [1.165, 1.54) is 0 Å². The molecule has 0 radical (unpaired) electrons. The largest absolute Gasteiger partial charge is 0.573 e. The number of hydrogen-bond donors (Lipinski definition) is 0. The van der Waals surface area contributed by atoms with Gasteiger partial charge < -0.3 is 15.2 Å². The van der Waals surface area contributed by atoms with Gasteiger partial charge in [-0.1, -0.05) is 54.6 Å². The molecule has 1 saturated carbocycles. The average Bonchev–Trinajstić information content (AvgIpc) is 3.23. The predicted molar refractivity (Wildman–Crippen MR) is 109 cm³/mol. The second-order valence-electron chi connectivity index (χ2n) is 7.96. The molecule has 1 unspecified atom stereocenters. The molecule has 1 aliphatic carbocycles. The quantitative estimate of drug-likeness (QED) is 0.216. The number of pyridine rings is 2. The zero-order valence-corrected chi connectivity index (χ0v) is 19.7. The van der Waals surface area contributed by atoms with Gasteiger partial charge in [-0.05, 0) is 23.2 Å². The average molecular weight is 648 g/mol. The Morgan fingerprint density at radius 1 is 1.03 bits per heavy atom. The van der Waals surface area contributed by atoms with E-state index < -0.39 is 28.9 Å². The normalized spacial score (nSPS) is 17.4. The molecule has 1 fully saturated rings. The minimum Gasteiger partial charge on any atom is -0.573 e. The molecule has 1 aliphatic rings. The number of hydrogen-bond acceptors (Lipinski definition) is 3. The Labute approximate surface area is 205 Å². The van der Waals surface area contributed by atoms with Crippen LogP contribution in [0.1, 0.15) is 30.4 Å². The van der Waals surface area contributed by atoms with Gasteiger partial charge in [0.2, 0.25) is 0 Å². The minimum atomic E-state index is -4.58. The summed E-state index contributed by atoms with van der Waals surface area (Å²) >= 11 is 0. The van der Waals surface area contributed by atoms with Crippen molar-refractivity contribution in [2.75, 3.05) is 0 Å². The first-order valence-corrected chi connectivity index (χ1v) is 9.91. The number of halogens is 5. The summed E-state index contributed by atoms with van der Waals surface area (Å²) in [5.41, 5.74) is 0.443. The van der Waals surface area contributed by atoms with Gasteiger partial charge in [0, 0.05) is 44.1 Å². The summed E-state index contributed by atoms with van der Waals surface area (Å²) < 4.78 is 66.0. The van der Waals surface area contributed by atoms with Crippen LogP contribution in [0.25, 0.3) is 22.6 Å². The Bertz CT molecular complexity index is 1350. The molecule has 0 saturated heterocycles. The van der Waals surface area contributed by atoms with Crippen LogP contribution in [0, 0.1) is 23.6 Å². The van der Waals surface area contributed by atoms with E-state index in [0.29, 0.717) is 23.5 Å². The minimum absolute atomic E-state index is 0. The smallest absolute Gasteiger partial charge is 0.431 e. The first kappa shape index (κ1) is 24.1. The SMILES string of the molecule is CC1(c2cccc(-c3[c-]cc(F)cc3F)n2)C[C-]1c1cccc(-c2cc(C(F)(F)F)n[n-]2)n1.[Pt]. The van der Waals surface area contributed by atoms with Crippen LogP contribution in [0.5, 0.6) is 0 Å². The number of rotatable bonds is 4. The zero-order valence-electron chi connectivity index (χ0n) is 17.4. The molecular weight excluding hydrogens is 634 g/mol. The molecule has 4 nitrogen and oxygen atoms in total. The van der Waals surface area contributed by atoms with Crippen LogP contribution in [-0.4, -0.2) is 15.1 Å². The second-order valence-corrected chi connectivity index (χ2v) is 7.96. The Kier molecular flexibility index (Phi) is 6.10. The van der Waals surface area contributed by atoms with Crippen LogP contribution in [-0.2, 0) is 32.7 Å². The van der Waals surface area contributed by atoms with Crippen molar-refractivity contribution >= 4 is 0 Å². The van der Waals surface area contributed by atoms with Crippen molar-refractivity contribution in [2.45, 2.75) is 24.9 Å². The van der Waals surface area contributed by atoms with Crippen LogP contribution in [0.4, 0.5) is 22.0 Å². The standard InChI is InChI=1S/C24H14F5N4.Pt/c1-23(21-7-3-4-17(31-21)14-9-8-13(25)10-16(14)26)12-15(23)18-5-2-6-19(30-18)20-11-22(33-32-20)24(27,28)29;/h2-8,10-11H,12H2,1H3;/q-3;. The predicted octanol–water partition coefficient (Wildman–Crippen LogP) is 5.54. The van der Waals surface area contributed by atoms with Gasteiger partial charge in [0.1, 0.15) is 5.69 Å². The molecule has 3 heterocycles. The third-order valence-corrected chi connectivity index (χ3v) is 5.65. The molecule has 3 aromatic heterocycles. The van der Waals surface area contributed by atoms with Crippen molar-refractivity contribution in [3.63, 3.8) is 0 Å². The summed E-state index contributed by atoms with van der Waals surface area (Å²) in [6, 6.07) is 15.5. The Balaban J connectivity index is 0.00000274. The number of nitrogens with zero attached hydrogens (tertiary/aromatic N) is 4. The van der Waals surface area contributed by atoms with E-state index in [2.05, 4.69) is 26.2 Å². The van der Waals surface area contributed by atoms with Crippen LogP contribution < -0.4 is 5.10 Å². The van der Waals surface area contributed by atoms with Crippen LogP contribution >= 0.6 is 0 Å². The monoisotopic (exact) mass is 648 g/mol. The van der Waals surface area contributed by atoms with Gasteiger partial charge in [-0.15, -0.1) is 18.2 Å². The Morgan fingerprint density at radius 2 is 1.76 bits per heavy atom. The van der Waals surface area contributed by atoms with Crippen molar-refractivity contribution in [1.82, 2.24) is 20.2 Å². The fourth-order valence-electron chi connectivity index (χ4n) is 3.75. The second kappa shape index (κ2) is 8.62. The molecule has 0 N–H and O–H groups in total. The summed E-state index contributed by atoms with van der Waals surface area (Å²) in [7, 11) is 0. The van der Waals surface area contributed by atoms with E-state index in [4.69, 9.17) is 0 Å². The van der Waals surface area contributed by atoms with E-state index in [-0.39, 0.29) is 38.0 Å². The fraction of sp³-hybridized carbons (Fsp3) is 0.167. The molecule has 10 heteroatoms. The molecule has 4 aromatic rings. The van der Waals surface area contributed by atoms with Crippen LogP contribution in [0.3, 0.4) is 0 Å². The van der Waals surface area contributed by atoms with Crippen molar-refractivity contribution in [2.24, 2.45) is 0 Å². The third kappa shape index (κ3) is 4.36. The molecule has 34 heavy (non-hydrogen) atoms. The van der Waals surface area contributed by atoms with E-state index >= 15 is 0 Å². The molecule has 1 aromatic carbocycles. The van der Waals surface area contributed by atoms with Crippen molar-refractivity contribution in [1.29, 1.82) is 0 Å². The van der Waals surface area contributed by atoms with E-state index in [1.54, 1.807) is 36.4 Å². The molecule has 178 valence electrons. The molecule has 0 amide bonds. The zero-order chi connectivity index (χ0) is 23.4. The maximum absolute atomic E-state index is 14.2. The van der Waals surface area contributed by atoms with E-state index in [0.717, 1.165) is 24.1 Å². The van der Waals surface area contributed by atoms with Crippen molar-refractivity contribution in [3.8, 4) is 22.6 Å². The Hall–Kier alpha value is -3.06. The topological polar surface area (TPSA) is 52.8 Å². The van der Waals surface area contributed by atoms with Gasteiger partial charge >= 0.3 is 6.18 Å². The maximum Gasteiger partial charge on any atom is 0.431 e. The summed E-state index contributed by atoms with van der Waals surface area (Å²) in [5.74, 6) is -0.540. The van der Waals surface area contributed by atoms with Crippen LogP contribution in [0.15, 0.2) is 54.6 Å². The third-order valence-electron chi connectivity index (χ3n) is 5.65. The molecule has 0 aliphatic heterocycles. The molecule has 1 atom stereocenters. The van der Waals surface area contributed by atoms with Gasteiger partial charge in [-0.2, -0.15) is 25.2 Å².